The third kappa shape index (κ3) is 1.95. The molecule has 6 nitrogen and oxygen atoms in total. The number of H-pyrrole nitrogens is 1. The van der Waals surface area contributed by atoms with Crippen molar-refractivity contribution in [1.82, 2.24) is 15.1 Å². The van der Waals surface area contributed by atoms with E-state index in [2.05, 4.69) is 15.1 Å². The number of hydrogen-bond acceptors (Lipinski definition) is 5. The maximum atomic E-state index is 12.1. The minimum absolute atomic E-state index is 0.0125. The van der Waals surface area contributed by atoms with Gasteiger partial charge in [-0.1, -0.05) is 24.2 Å². The molecule has 0 aliphatic rings. The van der Waals surface area contributed by atoms with Gasteiger partial charge in [0.15, 0.2) is 5.82 Å². The summed E-state index contributed by atoms with van der Waals surface area (Å²) in [4.78, 5) is 18.9. The number of fused-ring (bicyclic) bond motifs is 1. The summed E-state index contributed by atoms with van der Waals surface area (Å²) >= 11 is 0. The minimum Gasteiger partial charge on any atom is -0.506 e. The van der Waals surface area contributed by atoms with E-state index in [0.29, 0.717) is 23.1 Å². The molecule has 0 bridgehead atoms. The number of benzene rings is 1. The summed E-state index contributed by atoms with van der Waals surface area (Å²) in [6.45, 7) is 2.00. The van der Waals surface area contributed by atoms with Gasteiger partial charge in [-0.15, -0.1) is 0 Å². The predicted octanol–water partition coefficient (Wildman–Crippen LogP) is 2.24. The smallest absolute Gasteiger partial charge is 0.267 e. The van der Waals surface area contributed by atoms with Gasteiger partial charge < -0.3 is 14.6 Å². The second kappa shape index (κ2) is 4.80. The zero-order valence-corrected chi connectivity index (χ0v) is 10.9. The molecule has 0 saturated heterocycles. The van der Waals surface area contributed by atoms with Crippen LogP contribution in [0.4, 0.5) is 0 Å². The van der Waals surface area contributed by atoms with Crippen molar-refractivity contribution in [2.24, 2.45) is 0 Å². The lowest BCUT2D eigenvalue weighted by molar-refractivity contribution is 0.417. The van der Waals surface area contributed by atoms with Crippen molar-refractivity contribution in [3.05, 3.63) is 40.4 Å². The fourth-order valence-corrected chi connectivity index (χ4v) is 2.10. The molecular weight excluding hydrogens is 258 g/mol. The summed E-state index contributed by atoms with van der Waals surface area (Å²) in [6.07, 6.45) is 1.54. The van der Waals surface area contributed by atoms with E-state index in [1.54, 1.807) is 24.3 Å². The molecule has 0 spiro atoms. The van der Waals surface area contributed by atoms with E-state index < -0.39 is 5.56 Å². The second-order valence-corrected chi connectivity index (χ2v) is 4.49. The van der Waals surface area contributed by atoms with Crippen molar-refractivity contribution in [3.8, 4) is 17.2 Å². The lowest BCUT2D eigenvalue weighted by Crippen LogP contribution is -2.09. The monoisotopic (exact) mass is 271 g/mol. The minimum atomic E-state index is -0.451. The number of nitrogens with one attached hydrogen (secondary N) is 1. The highest BCUT2D eigenvalue weighted by molar-refractivity contribution is 5.90. The maximum Gasteiger partial charge on any atom is 0.267 e. The number of aromatic nitrogens is 3. The van der Waals surface area contributed by atoms with Crippen LogP contribution in [0.3, 0.4) is 0 Å². The van der Waals surface area contributed by atoms with E-state index in [-0.39, 0.29) is 17.2 Å². The molecule has 0 fully saturated rings. The molecule has 0 amide bonds. The van der Waals surface area contributed by atoms with E-state index in [4.69, 9.17) is 4.52 Å². The van der Waals surface area contributed by atoms with Gasteiger partial charge in [0.25, 0.3) is 11.4 Å². The van der Waals surface area contributed by atoms with Crippen LogP contribution >= 0.6 is 0 Å². The number of aryl methyl sites for hydroxylation is 1. The molecule has 0 atom stereocenters. The number of hydrogen-bond donors (Lipinski definition) is 2. The van der Waals surface area contributed by atoms with Crippen molar-refractivity contribution in [1.29, 1.82) is 0 Å². The molecule has 2 N–H and O–H groups in total. The normalized spacial score (nSPS) is 11.1. The number of aromatic hydroxyl groups is 1. The molecular formula is C14H13N3O3. The molecule has 0 unspecified atom stereocenters. The van der Waals surface area contributed by atoms with Crippen LogP contribution in [-0.2, 0) is 6.42 Å². The molecule has 102 valence electrons. The molecule has 2 aromatic heterocycles. The van der Waals surface area contributed by atoms with Gasteiger partial charge in [0, 0.05) is 11.8 Å². The SMILES string of the molecule is CCCc1noc(-c2c(O)c3ccccc3[nH]c2=O)n1. The zero-order valence-electron chi connectivity index (χ0n) is 10.9. The Hall–Kier alpha value is -2.63. The molecule has 0 saturated carbocycles. The standard InChI is InChI=1S/C14H13N3O3/c1-2-5-10-16-14(20-17-10)11-12(18)8-6-3-4-7-9(8)15-13(11)19/h3-4,6-7H,2,5H2,1H3,(H2,15,18,19). The van der Waals surface area contributed by atoms with E-state index in [9.17, 15) is 9.90 Å². The molecule has 3 rings (SSSR count). The summed E-state index contributed by atoms with van der Waals surface area (Å²) in [6, 6.07) is 6.99. The summed E-state index contributed by atoms with van der Waals surface area (Å²) in [5.41, 5.74) is 0.124. The van der Waals surface area contributed by atoms with Crippen LogP contribution in [0.2, 0.25) is 0 Å². The van der Waals surface area contributed by atoms with Crippen LogP contribution in [-0.4, -0.2) is 20.2 Å². The van der Waals surface area contributed by atoms with Crippen molar-refractivity contribution >= 4 is 10.9 Å². The van der Waals surface area contributed by atoms with Crippen LogP contribution in [0, 0.1) is 0 Å². The third-order valence-corrected chi connectivity index (χ3v) is 3.05. The average Bonchev–Trinajstić information content (AvgIpc) is 2.87. The zero-order chi connectivity index (χ0) is 14.1. The van der Waals surface area contributed by atoms with Gasteiger partial charge in [0.2, 0.25) is 0 Å². The topological polar surface area (TPSA) is 92.0 Å². The Morgan fingerprint density at radius 3 is 2.95 bits per heavy atom. The number of para-hydroxylation sites is 1. The summed E-state index contributed by atoms with van der Waals surface area (Å²) in [5.74, 6) is 0.420. The molecule has 20 heavy (non-hydrogen) atoms. The van der Waals surface area contributed by atoms with Crippen LogP contribution in [0.25, 0.3) is 22.4 Å². The first kappa shape index (κ1) is 12.4. The van der Waals surface area contributed by atoms with Crippen molar-refractivity contribution < 1.29 is 9.63 Å². The van der Waals surface area contributed by atoms with Crippen molar-refractivity contribution in [2.75, 3.05) is 0 Å². The van der Waals surface area contributed by atoms with Gasteiger partial charge in [-0.2, -0.15) is 4.98 Å². The lowest BCUT2D eigenvalue weighted by atomic mass is 10.1. The quantitative estimate of drug-likeness (QED) is 0.762. The Morgan fingerprint density at radius 2 is 2.15 bits per heavy atom. The predicted molar refractivity (Wildman–Crippen MR) is 73.5 cm³/mol. The number of nitrogens with zero attached hydrogens (tertiary/aromatic N) is 2. The Bertz CT molecular complexity index is 820. The van der Waals surface area contributed by atoms with E-state index in [1.807, 2.05) is 6.92 Å². The first-order valence-corrected chi connectivity index (χ1v) is 6.37. The third-order valence-electron chi connectivity index (χ3n) is 3.05. The van der Waals surface area contributed by atoms with Crippen LogP contribution in [0.1, 0.15) is 19.2 Å². The average molecular weight is 271 g/mol. The van der Waals surface area contributed by atoms with Gasteiger partial charge >= 0.3 is 0 Å². The van der Waals surface area contributed by atoms with E-state index >= 15 is 0 Å². The van der Waals surface area contributed by atoms with Crippen LogP contribution < -0.4 is 5.56 Å². The highest BCUT2D eigenvalue weighted by Gasteiger charge is 2.19. The largest absolute Gasteiger partial charge is 0.506 e. The maximum absolute atomic E-state index is 12.1. The Labute approximate surface area is 114 Å². The Morgan fingerprint density at radius 1 is 1.35 bits per heavy atom. The summed E-state index contributed by atoms with van der Waals surface area (Å²) in [7, 11) is 0. The molecule has 0 aliphatic carbocycles. The van der Waals surface area contributed by atoms with Gasteiger partial charge in [-0.3, -0.25) is 4.79 Å². The fraction of sp³-hybridized carbons (Fsp3) is 0.214. The molecule has 3 aromatic rings. The fourth-order valence-electron chi connectivity index (χ4n) is 2.10. The van der Waals surface area contributed by atoms with E-state index in [0.717, 1.165) is 6.42 Å². The van der Waals surface area contributed by atoms with Crippen molar-refractivity contribution in [2.45, 2.75) is 19.8 Å². The highest BCUT2D eigenvalue weighted by Crippen LogP contribution is 2.30. The molecule has 2 heterocycles. The van der Waals surface area contributed by atoms with Crippen LogP contribution in [0.5, 0.6) is 5.75 Å². The Kier molecular flexibility index (Phi) is 2.98. The van der Waals surface area contributed by atoms with Gasteiger partial charge in [-0.05, 0) is 18.6 Å². The number of aromatic amines is 1. The number of pyridine rings is 1. The molecule has 0 aliphatic heterocycles. The second-order valence-electron chi connectivity index (χ2n) is 4.49. The van der Waals surface area contributed by atoms with Gasteiger partial charge in [-0.25, -0.2) is 0 Å². The summed E-state index contributed by atoms with van der Waals surface area (Å²) < 4.78 is 5.07. The van der Waals surface area contributed by atoms with E-state index in [1.165, 1.54) is 0 Å². The molecule has 6 heteroatoms. The first-order valence-electron chi connectivity index (χ1n) is 6.37. The summed E-state index contributed by atoms with van der Waals surface area (Å²) in [5, 5.41) is 14.6. The van der Waals surface area contributed by atoms with Crippen molar-refractivity contribution in [3.63, 3.8) is 0 Å². The van der Waals surface area contributed by atoms with Gasteiger partial charge in [0.1, 0.15) is 11.3 Å². The lowest BCUT2D eigenvalue weighted by Gasteiger charge is -2.03. The highest BCUT2D eigenvalue weighted by atomic mass is 16.5. The first-order chi connectivity index (χ1) is 9.70. The Balaban J connectivity index is 2.22. The number of rotatable bonds is 3. The molecule has 0 radical (unpaired) electrons. The molecule has 1 aromatic carbocycles. The van der Waals surface area contributed by atoms with Crippen LogP contribution in [0.15, 0.2) is 33.6 Å². The van der Waals surface area contributed by atoms with Gasteiger partial charge in [0.05, 0.1) is 5.52 Å².